The molecule has 0 N–H and O–H groups in total. The van der Waals surface area contributed by atoms with Crippen molar-refractivity contribution in [2.75, 3.05) is 13.0 Å². The van der Waals surface area contributed by atoms with Crippen molar-refractivity contribution in [3.63, 3.8) is 0 Å². The predicted octanol–water partition coefficient (Wildman–Crippen LogP) is 3.79. The third kappa shape index (κ3) is 3.72. The number of ether oxygens (including phenoxy) is 1. The second-order valence-corrected chi connectivity index (χ2v) is 5.53. The average Bonchev–Trinajstić information content (AvgIpc) is 2.91. The van der Waals surface area contributed by atoms with Gasteiger partial charge in [-0.2, -0.15) is 0 Å². The van der Waals surface area contributed by atoms with Gasteiger partial charge in [-0.3, -0.25) is 4.98 Å². The van der Waals surface area contributed by atoms with Crippen LogP contribution in [-0.4, -0.2) is 18.0 Å². The van der Waals surface area contributed by atoms with Gasteiger partial charge in [0.25, 0.3) is 0 Å². The van der Waals surface area contributed by atoms with E-state index >= 15 is 0 Å². The normalized spacial score (nSPS) is 12.3. The number of halogens is 1. The summed E-state index contributed by atoms with van der Waals surface area (Å²) in [6.45, 7) is 0. The molecule has 4 heteroatoms. The van der Waals surface area contributed by atoms with E-state index in [4.69, 9.17) is 16.3 Å². The zero-order valence-corrected chi connectivity index (χ0v) is 11.9. The van der Waals surface area contributed by atoms with Crippen molar-refractivity contribution in [3.05, 3.63) is 46.4 Å². The van der Waals surface area contributed by atoms with E-state index in [1.54, 1.807) is 18.4 Å². The van der Waals surface area contributed by atoms with Gasteiger partial charge < -0.3 is 4.74 Å². The van der Waals surface area contributed by atoms with Gasteiger partial charge in [-0.25, -0.2) is 0 Å². The highest BCUT2D eigenvalue weighted by atomic mass is 35.5. The van der Waals surface area contributed by atoms with Gasteiger partial charge >= 0.3 is 0 Å². The van der Waals surface area contributed by atoms with Crippen LogP contribution in [0.5, 0.6) is 5.75 Å². The van der Waals surface area contributed by atoms with Crippen molar-refractivity contribution in [1.29, 1.82) is 0 Å². The third-order valence-corrected chi connectivity index (χ3v) is 4.09. The summed E-state index contributed by atoms with van der Waals surface area (Å²) in [7, 11) is 1.69. The number of rotatable bonds is 6. The standard InChI is InChI=1S/C14H16ClNOS/c1-17-13-4-2-3-11(6-13)5-12(8-15)7-14-9-16-10-18-14/h2-4,6,9-10,12H,5,7-8H2,1H3. The van der Waals surface area contributed by atoms with Gasteiger partial charge in [0.1, 0.15) is 5.75 Å². The van der Waals surface area contributed by atoms with Crippen molar-refractivity contribution in [2.45, 2.75) is 12.8 Å². The van der Waals surface area contributed by atoms with E-state index in [1.165, 1.54) is 10.4 Å². The van der Waals surface area contributed by atoms with Gasteiger partial charge in [-0.05, 0) is 36.5 Å². The first kappa shape index (κ1) is 13.4. The number of hydrogen-bond acceptors (Lipinski definition) is 3. The maximum Gasteiger partial charge on any atom is 0.119 e. The second kappa shape index (κ2) is 6.76. The third-order valence-electron chi connectivity index (χ3n) is 2.85. The molecule has 1 atom stereocenters. The summed E-state index contributed by atoms with van der Waals surface area (Å²) >= 11 is 7.75. The lowest BCUT2D eigenvalue weighted by atomic mass is 9.97. The first-order valence-electron chi connectivity index (χ1n) is 5.88. The quantitative estimate of drug-likeness (QED) is 0.752. The molecule has 1 aromatic carbocycles. The van der Waals surface area contributed by atoms with Crippen molar-refractivity contribution >= 4 is 22.9 Å². The molecule has 0 aliphatic rings. The van der Waals surface area contributed by atoms with Gasteiger partial charge in [0.2, 0.25) is 0 Å². The largest absolute Gasteiger partial charge is 0.497 e. The highest BCUT2D eigenvalue weighted by molar-refractivity contribution is 7.09. The highest BCUT2D eigenvalue weighted by Crippen LogP contribution is 2.20. The Labute approximate surface area is 117 Å². The maximum atomic E-state index is 6.06. The van der Waals surface area contributed by atoms with E-state index in [0.29, 0.717) is 11.8 Å². The minimum atomic E-state index is 0.444. The Hall–Kier alpha value is -1.06. The van der Waals surface area contributed by atoms with E-state index in [9.17, 15) is 0 Å². The van der Waals surface area contributed by atoms with Crippen molar-refractivity contribution in [2.24, 2.45) is 5.92 Å². The summed E-state index contributed by atoms with van der Waals surface area (Å²) in [6, 6.07) is 8.18. The van der Waals surface area contributed by atoms with Crippen LogP contribution < -0.4 is 4.74 Å². The molecule has 0 aliphatic carbocycles. The van der Waals surface area contributed by atoms with E-state index in [2.05, 4.69) is 17.1 Å². The van der Waals surface area contributed by atoms with Crippen LogP contribution in [0.1, 0.15) is 10.4 Å². The fourth-order valence-electron chi connectivity index (χ4n) is 1.94. The van der Waals surface area contributed by atoms with Gasteiger partial charge in [0.05, 0.1) is 12.6 Å². The summed E-state index contributed by atoms with van der Waals surface area (Å²) in [5.74, 6) is 2.01. The minimum absolute atomic E-state index is 0.444. The van der Waals surface area contributed by atoms with Gasteiger partial charge in [-0.1, -0.05) is 12.1 Å². The molecule has 2 aromatic rings. The SMILES string of the molecule is COc1cccc(CC(CCl)Cc2cncs2)c1. The second-order valence-electron chi connectivity index (χ2n) is 4.25. The van der Waals surface area contributed by atoms with Crippen molar-refractivity contribution in [1.82, 2.24) is 4.98 Å². The molecule has 0 radical (unpaired) electrons. The summed E-state index contributed by atoms with van der Waals surface area (Å²) in [5.41, 5.74) is 3.14. The van der Waals surface area contributed by atoms with Crippen LogP contribution in [0.2, 0.25) is 0 Å². The number of benzene rings is 1. The van der Waals surface area contributed by atoms with Gasteiger partial charge in [-0.15, -0.1) is 22.9 Å². The summed E-state index contributed by atoms with van der Waals surface area (Å²) in [4.78, 5) is 5.39. The Morgan fingerprint density at radius 3 is 2.94 bits per heavy atom. The maximum absolute atomic E-state index is 6.06. The number of aromatic nitrogens is 1. The Kier molecular flexibility index (Phi) is 5.02. The zero-order valence-electron chi connectivity index (χ0n) is 10.3. The fourth-order valence-corrected chi connectivity index (χ4v) is 2.87. The Balaban J connectivity index is 2.00. The molecular weight excluding hydrogens is 266 g/mol. The number of nitrogens with zero attached hydrogens (tertiary/aromatic N) is 1. The average molecular weight is 282 g/mol. The van der Waals surface area contributed by atoms with E-state index < -0.39 is 0 Å². The molecule has 1 heterocycles. The van der Waals surface area contributed by atoms with Crippen LogP contribution in [-0.2, 0) is 12.8 Å². The first-order valence-corrected chi connectivity index (χ1v) is 7.29. The molecule has 0 aliphatic heterocycles. The Bertz CT molecular complexity index is 472. The van der Waals surface area contributed by atoms with Crippen LogP contribution in [0.25, 0.3) is 0 Å². The number of alkyl halides is 1. The predicted molar refractivity (Wildman–Crippen MR) is 76.7 cm³/mol. The molecule has 1 unspecified atom stereocenters. The van der Waals surface area contributed by atoms with Gasteiger partial charge in [0, 0.05) is 17.0 Å². The van der Waals surface area contributed by atoms with E-state index in [1.807, 2.05) is 23.8 Å². The highest BCUT2D eigenvalue weighted by Gasteiger charge is 2.11. The minimum Gasteiger partial charge on any atom is -0.497 e. The number of thiazole rings is 1. The molecule has 0 saturated heterocycles. The van der Waals surface area contributed by atoms with E-state index in [-0.39, 0.29) is 0 Å². The molecule has 96 valence electrons. The Morgan fingerprint density at radius 1 is 1.39 bits per heavy atom. The molecule has 0 saturated carbocycles. The van der Waals surface area contributed by atoms with Crippen LogP contribution in [0.3, 0.4) is 0 Å². The molecular formula is C14H16ClNOS. The first-order chi connectivity index (χ1) is 8.81. The lowest BCUT2D eigenvalue weighted by molar-refractivity contribution is 0.414. The van der Waals surface area contributed by atoms with Crippen LogP contribution >= 0.6 is 22.9 Å². The smallest absolute Gasteiger partial charge is 0.119 e. The number of methoxy groups -OCH3 is 1. The van der Waals surface area contributed by atoms with Crippen LogP contribution in [0.15, 0.2) is 36.0 Å². The summed E-state index contributed by atoms with van der Waals surface area (Å²) in [5, 5.41) is 0. The molecule has 0 bridgehead atoms. The lowest BCUT2D eigenvalue weighted by Crippen LogP contribution is -2.09. The summed E-state index contributed by atoms with van der Waals surface area (Å²) in [6.07, 6.45) is 3.89. The molecule has 2 nitrogen and oxygen atoms in total. The zero-order chi connectivity index (χ0) is 12.8. The lowest BCUT2D eigenvalue weighted by Gasteiger charge is -2.13. The fraction of sp³-hybridized carbons (Fsp3) is 0.357. The van der Waals surface area contributed by atoms with Crippen LogP contribution in [0, 0.1) is 5.92 Å². The molecule has 1 aromatic heterocycles. The van der Waals surface area contributed by atoms with Crippen LogP contribution in [0.4, 0.5) is 0 Å². The molecule has 0 spiro atoms. The van der Waals surface area contributed by atoms with E-state index in [0.717, 1.165) is 18.6 Å². The molecule has 0 fully saturated rings. The Morgan fingerprint density at radius 2 is 2.28 bits per heavy atom. The molecule has 0 amide bonds. The molecule has 18 heavy (non-hydrogen) atoms. The molecule has 2 rings (SSSR count). The van der Waals surface area contributed by atoms with Crippen molar-refractivity contribution in [3.8, 4) is 5.75 Å². The van der Waals surface area contributed by atoms with Gasteiger partial charge in [0.15, 0.2) is 0 Å². The van der Waals surface area contributed by atoms with Crippen molar-refractivity contribution < 1.29 is 4.74 Å². The summed E-state index contributed by atoms with van der Waals surface area (Å²) < 4.78 is 5.24. The number of hydrogen-bond donors (Lipinski definition) is 0. The monoisotopic (exact) mass is 281 g/mol. The topological polar surface area (TPSA) is 22.1 Å².